The maximum Gasteiger partial charge on any atom is 0.348 e. The second kappa shape index (κ2) is 7.75. The summed E-state index contributed by atoms with van der Waals surface area (Å²) >= 11 is 1.29. The maximum atomic E-state index is 11.8. The topological polar surface area (TPSA) is 55.4 Å². The lowest BCUT2D eigenvalue weighted by molar-refractivity contribution is -0.124. The number of hydrogen-bond acceptors (Lipinski definition) is 4. The molecular formula is C17H19NO3S. The van der Waals surface area contributed by atoms with Gasteiger partial charge in [-0.05, 0) is 35.9 Å². The molecule has 2 rings (SSSR count). The number of nitrogens with one attached hydrogen (secondary N) is 1. The van der Waals surface area contributed by atoms with Crippen molar-refractivity contribution >= 4 is 23.2 Å². The molecule has 22 heavy (non-hydrogen) atoms. The van der Waals surface area contributed by atoms with E-state index in [0.29, 0.717) is 4.88 Å². The molecule has 0 bridgehead atoms. The van der Waals surface area contributed by atoms with Crippen molar-refractivity contribution in [3.63, 3.8) is 0 Å². The van der Waals surface area contributed by atoms with Gasteiger partial charge in [0.1, 0.15) is 4.88 Å². The Balaban J connectivity index is 1.81. The molecule has 0 radical (unpaired) electrons. The van der Waals surface area contributed by atoms with Gasteiger partial charge in [0.2, 0.25) is 0 Å². The Labute approximate surface area is 134 Å². The third-order valence-electron chi connectivity index (χ3n) is 3.32. The predicted octanol–water partition coefficient (Wildman–Crippen LogP) is 3.34. The first-order valence-electron chi connectivity index (χ1n) is 7.19. The van der Waals surface area contributed by atoms with E-state index in [1.165, 1.54) is 16.9 Å². The first-order valence-corrected chi connectivity index (χ1v) is 8.07. The highest BCUT2D eigenvalue weighted by molar-refractivity contribution is 7.11. The molecule has 0 aliphatic rings. The fraction of sp³-hybridized carbons (Fsp3) is 0.294. The van der Waals surface area contributed by atoms with E-state index in [2.05, 4.69) is 24.4 Å². The quantitative estimate of drug-likeness (QED) is 0.831. The molecule has 1 heterocycles. The third kappa shape index (κ3) is 4.43. The van der Waals surface area contributed by atoms with Crippen molar-refractivity contribution in [1.29, 1.82) is 0 Å². The molecule has 2 aromatic rings. The summed E-state index contributed by atoms with van der Waals surface area (Å²) in [6, 6.07) is 11.4. The lowest BCUT2D eigenvalue weighted by atomic mass is 10.1. The number of hydrogen-bond donors (Lipinski definition) is 1. The van der Waals surface area contributed by atoms with Gasteiger partial charge >= 0.3 is 5.97 Å². The van der Waals surface area contributed by atoms with Crippen LogP contribution < -0.4 is 5.32 Å². The summed E-state index contributed by atoms with van der Waals surface area (Å²) < 4.78 is 4.98. The molecular weight excluding hydrogens is 298 g/mol. The van der Waals surface area contributed by atoms with E-state index < -0.39 is 5.97 Å². The summed E-state index contributed by atoms with van der Waals surface area (Å²) in [5, 5.41) is 4.61. The second-order valence-electron chi connectivity index (χ2n) is 4.94. The number of ether oxygens (including phenoxy) is 1. The Hall–Kier alpha value is -2.14. The van der Waals surface area contributed by atoms with Crippen molar-refractivity contribution in [1.82, 2.24) is 5.32 Å². The van der Waals surface area contributed by atoms with Gasteiger partial charge < -0.3 is 10.1 Å². The van der Waals surface area contributed by atoms with Crippen LogP contribution in [0.3, 0.4) is 0 Å². The minimum Gasteiger partial charge on any atom is -0.451 e. The van der Waals surface area contributed by atoms with Crippen LogP contribution in [-0.2, 0) is 16.0 Å². The lowest BCUT2D eigenvalue weighted by Gasteiger charge is -2.14. The van der Waals surface area contributed by atoms with E-state index in [0.717, 1.165) is 12.0 Å². The number of carbonyl (C=O) groups excluding carboxylic acids is 2. The normalized spacial score (nSPS) is 11.7. The van der Waals surface area contributed by atoms with Crippen LogP contribution in [-0.4, -0.2) is 18.5 Å². The summed E-state index contributed by atoms with van der Waals surface area (Å²) in [7, 11) is 0. The summed E-state index contributed by atoms with van der Waals surface area (Å²) in [5.74, 6) is -0.776. The first kappa shape index (κ1) is 16.2. The van der Waals surface area contributed by atoms with Crippen molar-refractivity contribution < 1.29 is 14.3 Å². The molecule has 0 aliphatic carbocycles. The summed E-state index contributed by atoms with van der Waals surface area (Å²) in [6.07, 6.45) is 0.986. The molecule has 1 N–H and O–H groups in total. The number of esters is 1. The molecule has 0 fully saturated rings. The van der Waals surface area contributed by atoms with Crippen LogP contribution in [0, 0.1) is 0 Å². The van der Waals surface area contributed by atoms with E-state index in [1.807, 2.05) is 19.1 Å². The summed E-state index contributed by atoms with van der Waals surface area (Å²) in [4.78, 5) is 24.0. The molecule has 1 amide bonds. The Morgan fingerprint density at radius 3 is 2.55 bits per heavy atom. The zero-order chi connectivity index (χ0) is 15.9. The Bertz CT molecular complexity index is 620. The molecule has 0 saturated heterocycles. The highest BCUT2D eigenvalue weighted by atomic mass is 32.1. The van der Waals surface area contributed by atoms with Gasteiger partial charge in [-0.1, -0.05) is 37.3 Å². The van der Waals surface area contributed by atoms with E-state index in [9.17, 15) is 9.59 Å². The zero-order valence-electron chi connectivity index (χ0n) is 12.7. The number of benzene rings is 1. The summed E-state index contributed by atoms with van der Waals surface area (Å²) in [5.41, 5.74) is 2.28. The second-order valence-corrected chi connectivity index (χ2v) is 5.89. The average Bonchev–Trinajstić information content (AvgIpc) is 3.07. The Morgan fingerprint density at radius 2 is 1.95 bits per heavy atom. The van der Waals surface area contributed by atoms with Crippen LogP contribution in [0.1, 0.15) is 40.7 Å². The van der Waals surface area contributed by atoms with Crippen LogP contribution >= 0.6 is 11.3 Å². The minimum absolute atomic E-state index is 0.126. The van der Waals surface area contributed by atoms with E-state index >= 15 is 0 Å². The third-order valence-corrected chi connectivity index (χ3v) is 4.17. The molecule has 0 saturated carbocycles. The number of thiophene rings is 1. The van der Waals surface area contributed by atoms with Crippen LogP contribution in [0.25, 0.3) is 0 Å². The molecule has 1 aromatic carbocycles. The SMILES string of the molecule is CCc1ccc([C@@H](C)NC(=O)COC(=O)c2cccs2)cc1. The smallest absolute Gasteiger partial charge is 0.348 e. The van der Waals surface area contributed by atoms with Gasteiger partial charge in [0.15, 0.2) is 6.61 Å². The fourth-order valence-corrected chi connectivity index (χ4v) is 2.62. The van der Waals surface area contributed by atoms with Gasteiger partial charge in [0.05, 0.1) is 6.04 Å². The van der Waals surface area contributed by atoms with Gasteiger partial charge in [0, 0.05) is 0 Å². The highest BCUT2D eigenvalue weighted by Crippen LogP contribution is 2.14. The summed E-state index contributed by atoms with van der Waals surface area (Å²) in [6.45, 7) is 3.73. The fourth-order valence-electron chi connectivity index (χ4n) is 2.01. The molecule has 1 aromatic heterocycles. The van der Waals surface area contributed by atoms with Crippen molar-refractivity contribution in [2.24, 2.45) is 0 Å². The standard InChI is InChI=1S/C17H19NO3S/c1-3-13-6-8-14(9-7-13)12(2)18-16(19)11-21-17(20)15-5-4-10-22-15/h4-10,12H,3,11H2,1-2H3,(H,18,19)/t12-/m1/s1. The van der Waals surface area contributed by atoms with Crippen LogP contribution in [0.15, 0.2) is 41.8 Å². The van der Waals surface area contributed by atoms with Crippen LogP contribution in [0.4, 0.5) is 0 Å². The van der Waals surface area contributed by atoms with E-state index in [1.54, 1.807) is 17.5 Å². The number of aryl methyl sites for hydroxylation is 1. The number of rotatable bonds is 6. The van der Waals surface area contributed by atoms with Gasteiger partial charge in [-0.2, -0.15) is 0 Å². The largest absolute Gasteiger partial charge is 0.451 e. The van der Waals surface area contributed by atoms with Gasteiger partial charge in [-0.15, -0.1) is 11.3 Å². The molecule has 5 heteroatoms. The van der Waals surface area contributed by atoms with Crippen molar-refractivity contribution in [3.8, 4) is 0 Å². The highest BCUT2D eigenvalue weighted by Gasteiger charge is 2.13. The maximum absolute atomic E-state index is 11.8. The van der Waals surface area contributed by atoms with Gasteiger partial charge in [-0.25, -0.2) is 4.79 Å². The molecule has 4 nitrogen and oxygen atoms in total. The first-order chi connectivity index (χ1) is 10.6. The van der Waals surface area contributed by atoms with E-state index in [-0.39, 0.29) is 18.6 Å². The lowest BCUT2D eigenvalue weighted by Crippen LogP contribution is -2.31. The Morgan fingerprint density at radius 1 is 1.23 bits per heavy atom. The number of amides is 1. The van der Waals surface area contributed by atoms with E-state index in [4.69, 9.17) is 4.74 Å². The monoisotopic (exact) mass is 317 g/mol. The predicted molar refractivity (Wildman–Crippen MR) is 87.0 cm³/mol. The Kier molecular flexibility index (Phi) is 5.72. The number of carbonyl (C=O) groups is 2. The zero-order valence-corrected chi connectivity index (χ0v) is 13.5. The molecule has 0 aliphatic heterocycles. The van der Waals surface area contributed by atoms with Crippen molar-refractivity contribution in [2.75, 3.05) is 6.61 Å². The van der Waals surface area contributed by atoms with Crippen molar-refractivity contribution in [2.45, 2.75) is 26.3 Å². The van der Waals surface area contributed by atoms with Crippen LogP contribution in [0.5, 0.6) is 0 Å². The van der Waals surface area contributed by atoms with Crippen molar-refractivity contribution in [3.05, 3.63) is 57.8 Å². The molecule has 1 atom stereocenters. The molecule has 0 spiro atoms. The molecule has 116 valence electrons. The van der Waals surface area contributed by atoms with Gasteiger partial charge in [-0.3, -0.25) is 4.79 Å². The van der Waals surface area contributed by atoms with Gasteiger partial charge in [0.25, 0.3) is 5.91 Å². The minimum atomic E-state index is -0.467. The van der Waals surface area contributed by atoms with Crippen LogP contribution in [0.2, 0.25) is 0 Å². The average molecular weight is 317 g/mol. The molecule has 0 unspecified atom stereocenters.